The van der Waals surface area contributed by atoms with E-state index in [1.807, 2.05) is 0 Å². The van der Waals surface area contributed by atoms with E-state index in [1.54, 1.807) is 0 Å². The van der Waals surface area contributed by atoms with Gasteiger partial charge < -0.3 is 5.32 Å². The van der Waals surface area contributed by atoms with Crippen molar-refractivity contribution in [1.29, 1.82) is 0 Å². The van der Waals surface area contributed by atoms with Gasteiger partial charge in [0.2, 0.25) is 0 Å². The number of carbonyl (C=O) groups excluding carboxylic acids is 3. The lowest BCUT2D eigenvalue weighted by molar-refractivity contribution is -0.130. The average Bonchev–Trinajstić information content (AvgIpc) is 2.91. The molecule has 33 heavy (non-hydrogen) atoms. The molecule has 1 unspecified atom stereocenters. The van der Waals surface area contributed by atoms with Gasteiger partial charge in [0.25, 0.3) is 5.91 Å². The highest BCUT2D eigenvalue weighted by Crippen LogP contribution is 2.31. The van der Waals surface area contributed by atoms with Gasteiger partial charge in [0.1, 0.15) is 17.2 Å². The molecular formula is C19H14F5N3O5S. The number of amides is 3. The molecule has 0 bridgehead atoms. The Hall–Kier alpha value is -3.55. The molecule has 2 aromatic rings. The molecule has 3 rings (SSSR count). The normalized spacial score (nSPS) is 18.9. The molecule has 0 saturated carbocycles. The van der Waals surface area contributed by atoms with Crippen LogP contribution >= 0.6 is 0 Å². The Morgan fingerprint density at radius 2 is 1.70 bits per heavy atom. The Balaban J connectivity index is 1.80. The van der Waals surface area contributed by atoms with Crippen LogP contribution in [0.5, 0.6) is 0 Å². The molecule has 0 spiro atoms. The summed E-state index contributed by atoms with van der Waals surface area (Å²) in [4.78, 5) is 38.0. The molecule has 0 aromatic heterocycles. The van der Waals surface area contributed by atoms with Gasteiger partial charge in [-0.2, -0.15) is 21.6 Å². The van der Waals surface area contributed by atoms with Gasteiger partial charge in [0.15, 0.2) is 5.78 Å². The van der Waals surface area contributed by atoms with Crippen molar-refractivity contribution in [3.05, 3.63) is 65.2 Å². The summed E-state index contributed by atoms with van der Waals surface area (Å²) in [5.74, 6) is -4.00. The van der Waals surface area contributed by atoms with Gasteiger partial charge in [-0.05, 0) is 36.8 Å². The Morgan fingerprint density at radius 3 is 2.24 bits per heavy atom. The van der Waals surface area contributed by atoms with Crippen LogP contribution in [0.15, 0.2) is 42.5 Å². The molecule has 14 heteroatoms. The summed E-state index contributed by atoms with van der Waals surface area (Å²) in [6.07, 6.45) is 0. The summed E-state index contributed by atoms with van der Waals surface area (Å²) in [6.45, 7) is 0.400. The van der Waals surface area contributed by atoms with E-state index in [-0.39, 0.29) is 5.56 Å². The molecule has 2 aromatic carbocycles. The second-order valence-electron chi connectivity index (χ2n) is 7.12. The zero-order valence-corrected chi connectivity index (χ0v) is 17.4. The molecule has 2 N–H and O–H groups in total. The van der Waals surface area contributed by atoms with E-state index in [4.69, 9.17) is 0 Å². The highest BCUT2D eigenvalue weighted by Gasteiger charge is 2.50. The van der Waals surface area contributed by atoms with Crippen LogP contribution in [0, 0.1) is 11.6 Å². The Morgan fingerprint density at radius 1 is 1.09 bits per heavy atom. The lowest BCUT2D eigenvalue weighted by Crippen LogP contribution is -2.41. The van der Waals surface area contributed by atoms with Gasteiger partial charge in [-0.25, -0.2) is 13.6 Å². The number of sulfonamides is 1. The van der Waals surface area contributed by atoms with E-state index in [1.165, 1.54) is 11.6 Å². The molecule has 1 fully saturated rings. The fraction of sp³-hybridized carbons (Fsp3) is 0.211. The van der Waals surface area contributed by atoms with Crippen molar-refractivity contribution in [3.8, 4) is 0 Å². The van der Waals surface area contributed by atoms with E-state index in [9.17, 15) is 44.8 Å². The maximum Gasteiger partial charge on any atom is 0.516 e. The van der Waals surface area contributed by atoms with Crippen molar-refractivity contribution in [2.75, 3.05) is 11.3 Å². The Kier molecular flexibility index (Phi) is 5.91. The van der Waals surface area contributed by atoms with E-state index < -0.39 is 68.2 Å². The van der Waals surface area contributed by atoms with Crippen LogP contribution in [-0.4, -0.2) is 43.1 Å². The molecule has 8 nitrogen and oxygen atoms in total. The van der Waals surface area contributed by atoms with E-state index >= 15 is 0 Å². The van der Waals surface area contributed by atoms with Crippen molar-refractivity contribution >= 4 is 33.4 Å². The minimum atomic E-state index is -5.66. The largest absolute Gasteiger partial charge is 0.516 e. The summed E-state index contributed by atoms with van der Waals surface area (Å²) in [7, 11) is -5.66. The van der Waals surface area contributed by atoms with Crippen LogP contribution in [0.4, 0.5) is 32.4 Å². The van der Waals surface area contributed by atoms with Crippen LogP contribution in [0.3, 0.4) is 0 Å². The molecule has 1 aliphatic heterocycles. The van der Waals surface area contributed by atoms with Crippen molar-refractivity contribution in [2.45, 2.75) is 18.0 Å². The standard InChI is InChI=1S/C19H14F5N3O5S/c1-18(10-2-5-12(6-3-10)26-33(31,32)19(22,23)24)16(29)27(17(30)25-18)9-15(28)13-7-4-11(20)8-14(13)21/h2-8,26H,9H2,1H3,(H,25,30). The molecule has 0 radical (unpaired) electrons. The number of nitrogens with zero attached hydrogens (tertiary/aromatic N) is 1. The first-order valence-corrected chi connectivity index (χ1v) is 10.5. The van der Waals surface area contributed by atoms with Gasteiger partial charge in [-0.3, -0.25) is 19.2 Å². The third kappa shape index (κ3) is 4.51. The number of benzene rings is 2. The van der Waals surface area contributed by atoms with Crippen LogP contribution < -0.4 is 10.0 Å². The third-order valence-electron chi connectivity index (χ3n) is 4.83. The monoisotopic (exact) mass is 491 g/mol. The predicted molar refractivity (Wildman–Crippen MR) is 103 cm³/mol. The molecule has 1 heterocycles. The zero-order chi connectivity index (χ0) is 24.8. The molecule has 176 valence electrons. The van der Waals surface area contributed by atoms with Crippen molar-refractivity contribution in [2.24, 2.45) is 0 Å². The Labute approximate surface area is 183 Å². The summed E-state index contributed by atoms with van der Waals surface area (Å²) >= 11 is 0. The topological polar surface area (TPSA) is 113 Å². The van der Waals surface area contributed by atoms with Crippen molar-refractivity contribution in [3.63, 3.8) is 0 Å². The first-order chi connectivity index (χ1) is 15.2. The lowest BCUT2D eigenvalue weighted by atomic mass is 9.92. The first kappa shape index (κ1) is 24.1. The number of rotatable bonds is 6. The Bertz CT molecular complexity index is 1250. The molecule has 1 atom stereocenters. The van der Waals surface area contributed by atoms with Crippen LogP contribution in [0.2, 0.25) is 0 Å². The smallest absolute Gasteiger partial charge is 0.319 e. The second-order valence-corrected chi connectivity index (χ2v) is 8.80. The number of hydrogen-bond acceptors (Lipinski definition) is 5. The lowest BCUT2D eigenvalue weighted by Gasteiger charge is -2.22. The minimum Gasteiger partial charge on any atom is -0.319 e. The predicted octanol–water partition coefficient (Wildman–Crippen LogP) is 2.88. The maximum absolute atomic E-state index is 13.8. The highest BCUT2D eigenvalue weighted by molar-refractivity contribution is 7.93. The van der Waals surface area contributed by atoms with E-state index in [0.29, 0.717) is 11.0 Å². The maximum atomic E-state index is 13.8. The highest BCUT2D eigenvalue weighted by atomic mass is 32.2. The van der Waals surface area contributed by atoms with Crippen LogP contribution in [0.1, 0.15) is 22.8 Å². The minimum absolute atomic E-state index is 0.0683. The number of hydrogen-bond donors (Lipinski definition) is 2. The zero-order valence-electron chi connectivity index (χ0n) is 16.5. The third-order valence-corrected chi connectivity index (χ3v) is 5.94. The number of alkyl halides is 3. The van der Waals surface area contributed by atoms with E-state index in [2.05, 4.69) is 5.32 Å². The number of imide groups is 1. The molecular weight excluding hydrogens is 477 g/mol. The summed E-state index contributed by atoms with van der Waals surface area (Å²) in [5.41, 5.74) is -8.20. The number of halogens is 5. The SMILES string of the molecule is CC1(c2ccc(NS(=O)(=O)C(F)(F)F)cc2)NC(=O)N(CC(=O)c2ccc(F)cc2F)C1=O. The summed E-state index contributed by atoms with van der Waals surface area (Å²) in [5, 5.41) is 2.33. The number of carbonyl (C=O) groups is 3. The quantitative estimate of drug-likeness (QED) is 0.367. The first-order valence-electron chi connectivity index (χ1n) is 8.98. The van der Waals surface area contributed by atoms with E-state index in [0.717, 1.165) is 36.4 Å². The fourth-order valence-corrected chi connectivity index (χ4v) is 3.63. The van der Waals surface area contributed by atoms with Gasteiger partial charge in [0.05, 0.1) is 12.1 Å². The number of urea groups is 1. The number of nitrogens with one attached hydrogen (secondary N) is 2. The fourth-order valence-electron chi connectivity index (χ4n) is 3.07. The van der Waals surface area contributed by atoms with Gasteiger partial charge in [-0.15, -0.1) is 0 Å². The summed E-state index contributed by atoms with van der Waals surface area (Å²) in [6, 6.07) is 5.29. The number of anilines is 1. The number of Topliss-reactive ketones (excluding diaryl/α,β-unsaturated/α-hetero) is 1. The molecule has 0 aliphatic carbocycles. The number of ketones is 1. The average molecular weight is 491 g/mol. The molecule has 1 saturated heterocycles. The summed E-state index contributed by atoms with van der Waals surface area (Å²) < 4.78 is 88.1. The van der Waals surface area contributed by atoms with Gasteiger partial charge in [-0.1, -0.05) is 12.1 Å². The van der Waals surface area contributed by atoms with Crippen molar-refractivity contribution in [1.82, 2.24) is 10.2 Å². The molecule has 3 amide bonds. The van der Waals surface area contributed by atoms with Crippen LogP contribution in [-0.2, 0) is 20.4 Å². The van der Waals surface area contributed by atoms with Crippen LogP contribution in [0.25, 0.3) is 0 Å². The van der Waals surface area contributed by atoms with Gasteiger partial charge in [0, 0.05) is 11.8 Å². The molecule has 1 aliphatic rings. The van der Waals surface area contributed by atoms with Gasteiger partial charge >= 0.3 is 21.6 Å². The van der Waals surface area contributed by atoms with Crippen molar-refractivity contribution < 1.29 is 44.8 Å². The second kappa shape index (κ2) is 8.10.